The number of nitrogens with one attached hydrogen (secondary N) is 1. The Hall–Kier alpha value is -0.180. The van der Waals surface area contributed by atoms with Crippen molar-refractivity contribution in [2.45, 2.75) is 29.7 Å². The normalized spacial score (nSPS) is 18.7. The second-order valence-electron chi connectivity index (χ2n) is 4.35. The number of aliphatic hydroxyl groups is 1. The molecule has 0 atom stereocenters. The maximum atomic E-state index is 12.1. The lowest BCUT2D eigenvalue weighted by Gasteiger charge is -2.40. The van der Waals surface area contributed by atoms with Crippen LogP contribution in [0.5, 0.6) is 0 Å². The molecule has 94 valence electrons. The minimum Gasteiger partial charge on any atom is -0.394 e. The van der Waals surface area contributed by atoms with E-state index in [2.05, 4.69) is 27.3 Å². The Morgan fingerprint density at radius 2 is 1.88 bits per heavy atom. The van der Waals surface area contributed by atoms with Gasteiger partial charge in [0, 0.05) is 3.57 Å². The van der Waals surface area contributed by atoms with Gasteiger partial charge in [-0.2, -0.15) is 0 Å². The number of halogens is 1. The fraction of sp³-hybridized carbons (Fsp3) is 0.455. The molecule has 0 saturated heterocycles. The average molecular weight is 367 g/mol. The minimum atomic E-state index is -3.52. The zero-order valence-electron chi connectivity index (χ0n) is 9.19. The summed E-state index contributed by atoms with van der Waals surface area (Å²) in [6.45, 7) is -0.142. The van der Waals surface area contributed by atoms with Crippen LogP contribution in [0.3, 0.4) is 0 Å². The van der Waals surface area contributed by atoms with E-state index in [0.717, 1.165) is 9.99 Å². The number of benzene rings is 1. The van der Waals surface area contributed by atoms with E-state index >= 15 is 0 Å². The smallest absolute Gasteiger partial charge is 0.241 e. The lowest BCUT2D eigenvalue weighted by molar-refractivity contribution is 0.110. The molecule has 6 heteroatoms. The Kier molecular flexibility index (Phi) is 3.77. The van der Waals surface area contributed by atoms with Gasteiger partial charge in [0.1, 0.15) is 0 Å². The van der Waals surface area contributed by atoms with Crippen molar-refractivity contribution in [3.05, 3.63) is 27.8 Å². The van der Waals surface area contributed by atoms with Crippen LogP contribution < -0.4 is 4.72 Å². The number of aliphatic hydroxyl groups excluding tert-OH is 1. The Morgan fingerprint density at radius 1 is 1.29 bits per heavy atom. The van der Waals surface area contributed by atoms with Crippen LogP contribution in [0, 0.1) is 3.57 Å². The highest BCUT2D eigenvalue weighted by atomic mass is 127. The van der Waals surface area contributed by atoms with E-state index in [9.17, 15) is 13.5 Å². The van der Waals surface area contributed by atoms with Crippen molar-refractivity contribution in [3.8, 4) is 0 Å². The molecule has 0 radical (unpaired) electrons. The summed E-state index contributed by atoms with van der Waals surface area (Å²) in [5.41, 5.74) is -0.637. The molecule has 1 aromatic carbocycles. The number of hydrogen-bond donors (Lipinski definition) is 2. The highest BCUT2D eigenvalue weighted by Gasteiger charge is 2.40. The standard InChI is InChI=1S/C11H14INO3S/c12-9-2-4-10(5-3-9)17(15,16)13-11(8-14)6-1-7-11/h2-5,13-14H,1,6-8H2. The van der Waals surface area contributed by atoms with Crippen molar-refractivity contribution in [1.82, 2.24) is 4.72 Å². The number of rotatable bonds is 4. The highest BCUT2D eigenvalue weighted by molar-refractivity contribution is 14.1. The van der Waals surface area contributed by atoms with E-state index in [0.29, 0.717) is 12.8 Å². The second kappa shape index (κ2) is 4.83. The maximum Gasteiger partial charge on any atom is 0.241 e. The molecular formula is C11H14INO3S. The average Bonchev–Trinajstić information content (AvgIpc) is 2.24. The zero-order valence-corrected chi connectivity index (χ0v) is 12.2. The van der Waals surface area contributed by atoms with Gasteiger partial charge in [0.25, 0.3) is 0 Å². The monoisotopic (exact) mass is 367 g/mol. The molecule has 1 aliphatic rings. The van der Waals surface area contributed by atoms with Crippen LogP contribution in [0.15, 0.2) is 29.2 Å². The van der Waals surface area contributed by atoms with E-state index in [-0.39, 0.29) is 11.5 Å². The molecule has 0 aliphatic heterocycles. The van der Waals surface area contributed by atoms with E-state index in [1.807, 2.05) is 0 Å². The molecule has 0 aromatic heterocycles. The van der Waals surface area contributed by atoms with Gasteiger partial charge >= 0.3 is 0 Å². The Labute approximate surface area is 115 Å². The molecule has 1 aromatic rings. The molecule has 0 spiro atoms. The van der Waals surface area contributed by atoms with Crippen LogP contribution in [-0.4, -0.2) is 25.7 Å². The van der Waals surface area contributed by atoms with Crippen molar-refractivity contribution in [1.29, 1.82) is 0 Å². The predicted molar refractivity (Wildman–Crippen MR) is 73.1 cm³/mol. The van der Waals surface area contributed by atoms with E-state index in [4.69, 9.17) is 0 Å². The summed E-state index contributed by atoms with van der Waals surface area (Å²) in [5.74, 6) is 0. The molecule has 1 saturated carbocycles. The van der Waals surface area contributed by atoms with Gasteiger partial charge < -0.3 is 5.11 Å². The van der Waals surface area contributed by atoms with E-state index in [1.165, 1.54) is 0 Å². The Balaban J connectivity index is 2.22. The third-order valence-electron chi connectivity index (χ3n) is 3.09. The van der Waals surface area contributed by atoms with Gasteiger partial charge in [-0.3, -0.25) is 0 Å². The lowest BCUT2D eigenvalue weighted by atomic mass is 9.78. The Bertz CT molecular complexity index is 488. The molecule has 0 bridgehead atoms. The van der Waals surface area contributed by atoms with Crippen molar-refractivity contribution in [3.63, 3.8) is 0 Å². The fourth-order valence-corrected chi connectivity index (χ4v) is 3.66. The molecular weight excluding hydrogens is 353 g/mol. The largest absolute Gasteiger partial charge is 0.394 e. The van der Waals surface area contributed by atoms with Crippen molar-refractivity contribution in [2.24, 2.45) is 0 Å². The van der Waals surface area contributed by atoms with Crippen LogP contribution in [0.2, 0.25) is 0 Å². The summed E-state index contributed by atoms with van der Waals surface area (Å²) in [7, 11) is -3.52. The number of sulfonamides is 1. The third kappa shape index (κ3) is 2.81. The molecule has 0 amide bonds. The Morgan fingerprint density at radius 3 is 2.29 bits per heavy atom. The highest BCUT2D eigenvalue weighted by Crippen LogP contribution is 2.32. The summed E-state index contributed by atoms with van der Waals surface area (Å²) in [5, 5.41) is 9.26. The third-order valence-corrected chi connectivity index (χ3v) is 5.40. The van der Waals surface area contributed by atoms with Crippen LogP contribution in [0.1, 0.15) is 19.3 Å². The van der Waals surface area contributed by atoms with Crippen molar-refractivity contribution in [2.75, 3.05) is 6.61 Å². The molecule has 17 heavy (non-hydrogen) atoms. The first-order chi connectivity index (χ1) is 7.97. The summed E-state index contributed by atoms with van der Waals surface area (Å²) in [6, 6.07) is 6.66. The summed E-state index contributed by atoms with van der Waals surface area (Å²) < 4.78 is 27.8. The molecule has 0 heterocycles. The van der Waals surface area contributed by atoms with Crippen LogP contribution in [0.4, 0.5) is 0 Å². The van der Waals surface area contributed by atoms with Crippen LogP contribution in [0.25, 0.3) is 0 Å². The van der Waals surface area contributed by atoms with Crippen LogP contribution >= 0.6 is 22.6 Å². The van der Waals surface area contributed by atoms with Crippen LogP contribution in [-0.2, 0) is 10.0 Å². The van der Waals surface area contributed by atoms with Crippen molar-refractivity contribution >= 4 is 32.6 Å². The van der Waals surface area contributed by atoms with Gasteiger partial charge in [0.2, 0.25) is 10.0 Å². The van der Waals surface area contributed by atoms with Gasteiger partial charge in [-0.25, -0.2) is 13.1 Å². The molecule has 4 nitrogen and oxygen atoms in total. The van der Waals surface area contributed by atoms with Crippen molar-refractivity contribution < 1.29 is 13.5 Å². The maximum absolute atomic E-state index is 12.1. The van der Waals surface area contributed by atoms with Gasteiger partial charge in [-0.1, -0.05) is 0 Å². The lowest BCUT2D eigenvalue weighted by Crippen LogP contribution is -2.55. The summed E-state index contributed by atoms with van der Waals surface area (Å²) >= 11 is 2.12. The quantitative estimate of drug-likeness (QED) is 0.793. The van der Waals surface area contributed by atoms with Gasteiger partial charge in [0.15, 0.2) is 0 Å². The molecule has 2 N–H and O–H groups in total. The first kappa shape index (κ1) is 13.3. The minimum absolute atomic E-state index is 0.142. The predicted octanol–water partition coefficient (Wildman–Crippen LogP) is 1.48. The molecule has 0 unspecified atom stereocenters. The summed E-state index contributed by atoms with van der Waals surface area (Å²) in [4.78, 5) is 0.248. The second-order valence-corrected chi connectivity index (χ2v) is 7.28. The first-order valence-electron chi connectivity index (χ1n) is 5.38. The zero-order chi connectivity index (χ0) is 12.5. The topological polar surface area (TPSA) is 66.4 Å². The van der Waals surface area contributed by atoms with E-state index in [1.54, 1.807) is 24.3 Å². The number of hydrogen-bond acceptors (Lipinski definition) is 3. The SMILES string of the molecule is O=S(=O)(NC1(CO)CCC1)c1ccc(I)cc1. The molecule has 2 rings (SSSR count). The van der Waals surface area contributed by atoms with E-state index < -0.39 is 15.6 Å². The van der Waals surface area contributed by atoms with Gasteiger partial charge in [0.05, 0.1) is 17.0 Å². The first-order valence-corrected chi connectivity index (χ1v) is 7.94. The molecule has 1 aliphatic carbocycles. The summed E-state index contributed by atoms with van der Waals surface area (Å²) in [6.07, 6.45) is 2.36. The fourth-order valence-electron chi connectivity index (χ4n) is 1.85. The molecule has 1 fully saturated rings. The van der Waals surface area contributed by atoms with Gasteiger partial charge in [-0.05, 0) is 66.1 Å². The van der Waals surface area contributed by atoms with Gasteiger partial charge in [-0.15, -0.1) is 0 Å².